The van der Waals surface area contributed by atoms with Gasteiger partial charge in [0.1, 0.15) is 0 Å². The van der Waals surface area contributed by atoms with Crippen molar-refractivity contribution in [2.24, 2.45) is 5.41 Å². The Labute approximate surface area is 142 Å². The average molecular weight is 371 g/mol. The fraction of sp³-hybridized carbons (Fsp3) is 0.647. The molecule has 0 unspecified atom stereocenters. The summed E-state index contributed by atoms with van der Waals surface area (Å²) in [6, 6.07) is 2.11. The first kappa shape index (κ1) is 17.6. The van der Waals surface area contributed by atoms with E-state index < -0.39 is 0 Å². The maximum Gasteiger partial charge on any atom is 0.175 e. The van der Waals surface area contributed by atoms with Gasteiger partial charge in [-0.2, -0.15) is 0 Å². The van der Waals surface area contributed by atoms with E-state index in [1.807, 2.05) is 0 Å². The number of halogens is 1. The second-order valence-electron chi connectivity index (χ2n) is 7.11. The van der Waals surface area contributed by atoms with Crippen LogP contribution in [0.4, 0.5) is 0 Å². The number of methoxy groups -OCH3 is 2. The third-order valence-corrected chi connectivity index (χ3v) is 4.82. The van der Waals surface area contributed by atoms with Crippen LogP contribution >= 0.6 is 15.9 Å². The maximum absolute atomic E-state index is 5.48. The summed E-state index contributed by atoms with van der Waals surface area (Å²) in [6.07, 6.45) is 0. The van der Waals surface area contributed by atoms with Crippen LogP contribution in [0.15, 0.2) is 10.5 Å². The lowest BCUT2D eigenvalue weighted by molar-refractivity contribution is 0.144. The largest absolute Gasteiger partial charge is 0.493 e. The van der Waals surface area contributed by atoms with Crippen LogP contribution in [0.1, 0.15) is 25.0 Å². The zero-order valence-electron chi connectivity index (χ0n) is 14.5. The molecule has 1 aromatic carbocycles. The third kappa shape index (κ3) is 3.76. The Bertz CT molecular complexity index is 544. The van der Waals surface area contributed by atoms with E-state index in [-0.39, 0.29) is 5.41 Å². The molecule has 124 valence electrons. The van der Waals surface area contributed by atoms with Gasteiger partial charge in [0.2, 0.25) is 0 Å². The molecule has 22 heavy (non-hydrogen) atoms. The molecule has 0 saturated heterocycles. The van der Waals surface area contributed by atoms with E-state index in [4.69, 9.17) is 9.47 Å². The van der Waals surface area contributed by atoms with E-state index in [1.165, 1.54) is 11.1 Å². The number of hydrogen-bond donors (Lipinski definition) is 0. The monoisotopic (exact) mass is 370 g/mol. The minimum absolute atomic E-state index is 0.256. The van der Waals surface area contributed by atoms with Gasteiger partial charge in [0.05, 0.1) is 18.7 Å². The predicted molar refractivity (Wildman–Crippen MR) is 93.7 cm³/mol. The van der Waals surface area contributed by atoms with E-state index in [0.29, 0.717) is 0 Å². The molecule has 5 heteroatoms. The molecule has 0 bridgehead atoms. The van der Waals surface area contributed by atoms with Crippen molar-refractivity contribution in [3.05, 3.63) is 21.7 Å². The molecule has 0 aliphatic carbocycles. The molecule has 0 aromatic heterocycles. The Morgan fingerprint density at radius 3 is 2.45 bits per heavy atom. The fourth-order valence-electron chi connectivity index (χ4n) is 3.49. The Kier molecular flexibility index (Phi) is 5.41. The van der Waals surface area contributed by atoms with E-state index >= 15 is 0 Å². The lowest BCUT2D eigenvalue weighted by atomic mass is 9.92. The van der Waals surface area contributed by atoms with Crippen molar-refractivity contribution in [3.8, 4) is 11.5 Å². The second kappa shape index (κ2) is 6.77. The van der Waals surface area contributed by atoms with Crippen molar-refractivity contribution >= 4 is 15.9 Å². The smallest absolute Gasteiger partial charge is 0.175 e. The molecule has 1 heterocycles. The first-order chi connectivity index (χ1) is 10.3. The highest BCUT2D eigenvalue weighted by atomic mass is 79.9. The van der Waals surface area contributed by atoms with Gasteiger partial charge in [0, 0.05) is 26.2 Å². The Morgan fingerprint density at radius 1 is 1.23 bits per heavy atom. The summed E-state index contributed by atoms with van der Waals surface area (Å²) in [5, 5.41) is 0. The molecule has 0 spiro atoms. The van der Waals surface area contributed by atoms with Crippen LogP contribution in [-0.4, -0.2) is 51.2 Å². The summed E-state index contributed by atoms with van der Waals surface area (Å²) in [6.45, 7) is 8.71. The average Bonchev–Trinajstić information content (AvgIpc) is 2.78. The van der Waals surface area contributed by atoms with Gasteiger partial charge >= 0.3 is 0 Å². The molecule has 0 radical (unpaired) electrons. The number of benzene rings is 1. The van der Waals surface area contributed by atoms with E-state index in [2.05, 4.69) is 59.7 Å². The molecule has 2 rings (SSSR count). The summed E-state index contributed by atoms with van der Waals surface area (Å²) in [7, 11) is 7.63. The molecule has 1 aliphatic heterocycles. The summed E-state index contributed by atoms with van der Waals surface area (Å²) in [4.78, 5) is 4.75. The lowest BCUT2D eigenvalue weighted by Crippen LogP contribution is -2.38. The van der Waals surface area contributed by atoms with Crippen molar-refractivity contribution in [2.75, 3.05) is 41.4 Å². The molecule has 0 N–H and O–H groups in total. The summed E-state index contributed by atoms with van der Waals surface area (Å²) < 4.78 is 12.0. The molecular formula is C17H27BrN2O2. The molecule has 0 amide bonds. The molecule has 0 fully saturated rings. The third-order valence-electron chi connectivity index (χ3n) is 3.98. The first-order valence-electron chi connectivity index (χ1n) is 7.56. The number of fused-ring (bicyclic) bond motifs is 1. The van der Waals surface area contributed by atoms with E-state index in [9.17, 15) is 0 Å². The Morgan fingerprint density at radius 2 is 1.91 bits per heavy atom. The van der Waals surface area contributed by atoms with Crippen LogP contribution in [0.2, 0.25) is 0 Å². The molecular weight excluding hydrogens is 344 g/mol. The van der Waals surface area contributed by atoms with Crippen molar-refractivity contribution < 1.29 is 9.47 Å². The fourth-order valence-corrected chi connectivity index (χ4v) is 4.23. The highest BCUT2D eigenvalue weighted by Gasteiger charge is 2.30. The molecule has 4 nitrogen and oxygen atoms in total. The topological polar surface area (TPSA) is 24.9 Å². The quantitative estimate of drug-likeness (QED) is 0.766. The van der Waals surface area contributed by atoms with Crippen molar-refractivity contribution in [3.63, 3.8) is 0 Å². The molecule has 0 atom stereocenters. The number of ether oxygens (including phenoxy) is 2. The highest BCUT2D eigenvalue weighted by molar-refractivity contribution is 9.10. The normalized spacial score (nSPS) is 15.3. The predicted octanol–water partition coefficient (Wildman–Crippen LogP) is 3.37. The van der Waals surface area contributed by atoms with Crippen LogP contribution in [0.5, 0.6) is 11.5 Å². The van der Waals surface area contributed by atoms with Crippen molar-refractivity contribution in [1.29, 1.82) is 0 Å². The molecule has 0 saturated carbocycles. The van der Waals surface area contributed by atoms with Crippen LogP contribution in [0.25, 0.3) is 0 Å². The van der Waals surface area contributed by atoms with Gasteiger partial charge in [0.25, 0.3) is 0 Å². The molecule has 1 aromatic rings. The SMILES string of the molecule is COc1cc2c(c(Br)c1OC)CN(CC(C)(C)CN(C)C)C2. The van der Waals surface area contributed by atoms with Crippen molar-refractivity contribution in [2.45, 2.75) is 26.9 Å². The van der Waals surface area contributed by atoms with Crippen molar-refractivity contribution in [1.82, 2.24) is 9.80 Å². The van der Waals surface area contributed by atoms with E-state index in [1.54, 1.807) is 14.2 Å². The van der Waals surface area contributed by atoms with Crippen LogP contribution in [-0.2, 0) is 13.1 Å². The molecule has 1 aliphatic rings. The van der Waals surface area contributed by atoms with Gasteiger partial charge in [-0.05, 0) is 52.6 Å². The van der Waals surface area contributed by atoms with Gasteiger partial charge < -0.3 is 14.4 Å². The number of nitrogens with zero attached hydrogens (tertiary/aromatic N) is 2. The summed E-state index contributed by atoms with van der Waals surface area (Å²) in [5.74, 6) is 1.58. The Hall–Kier alpha value is -0.780. The zero-order valence-corrected chi connectivity index (χ0v) is 16.1. The minimum Gasteiger partial charge on any atom is -0.493 e. The summed E-state index contributed by atoms with van der Waals surface area (Å²) in [5.41, 5.74) is 2.90. The maximum atomic E-state index is 5.48. The number of rotatable bonds is 6. The highest BCUT2D eigenvalue weighted by Crippen LogP contribution is 2.43. The van der Waals surface area contributed by atoms with Gasteiger partial charge in [-0.15, -0.1) is 0 Å². The first-order valence-corrected chi connectivity index (χ1v) is 8.36. The minimum atomic E-state index is 0.256. The van der Waals surface area contributed by atoms with Crippen LogP contribution in [0, 0.1) is 5.41 Å². The van der Waals surface area contributed by atoms with Gasteiger partial charge in [-0.3, -0.25) is 4.90 Å². The van der Waals surface area contributed by atoms with Gasteiger partial charge in [-0.1, -0.05) is 13.8 Å². The van der Waals surface area contributed by atoms with Gasteiger partial charge in [0.15, 0.2) is 11.5 Å². The number of hydrogen-bond acceptors (Lipinski definition) is 4. The summed E-state index contributed by atoms with van der Waals surface area (Å²) >= 11 is 3.69. The Balaban J connectivity index is 2.18. The standard InChI is InChI=1S/C17H27BrN2O2/c1-17(2,10-19(3)4)11-20-8-12-7-14(21-5)16(22-6)15(18)13(12)9-20/h7H,8-11H2,1-6H3. The zero-order chi connectivity index (χ0) is 16.5. The van der Waals surface area contributed by atoms with Crippen LogP contribution < -0.4 is 9.47 Å². The lowest BCUT2D eigenvalue weighted by Gasteiger charge is -2.32. The second-order valence-corrected chi connectivity index (χ2v) is 7.90. The van der Waals surface area contributed by atoms with E-state index in [0.717, 1.165) is 42.2 Å². The van der Waals surface area contributed by atoms with Gasteiger partial charge in [-0.25, -0.2) is 0 Å². The van der Waals surface area contributed by atoms with Crippen LogP contribution in [0.3, 0.4) is 0 Å².